The van der Waals surface area contributed by atoms with Crippen LogP contribution in [0.2, 0.25) is 0 Å². The van der Waals surface area contributed by atoms with Crippen LogP contribution in [-0.2, 0) is 4.79 Å². The third kappa shape index (κ3) is 5.83. The van der Waals surface area contributed by atoms with Gasteiger partial charge in [-0.25, -0.2) is 4.39 Å². The van der Waals surface area contributed by atoms with Gasteiger partial charge in [-0.15, -0.1) is 24.8 Å². The van der Waals surface area contributed by atoms with Crippen molar-refractivity contribution >= 4 is 36.4 Å². The first-order valence-corrected chi connectivity index (χ1v) is 7.53. The number of benzene rings is 1. The zero-order valence-electron chi connectivity index (χ0n) is 13.6. The van der Waals surface area contributed by atoms with E-state index in [1.54, 1.807) is 17.0 Å². The standard InChI is InChI=1S/C16H24FN3O.2ClH/c1-12(2)11-14(18)16(21)20-9-7-19(8-10-20)15-6-4-3-5-13(15)17;;/h3-6,12,14H,7-11,18H2,1-2H3;2*1H/t14-;;/m0../s1. The highest BCUT2D eigenvalue weighted by molar-refractivity contribution is 5.85. The summed E-state index contributed by atoms with van der Waals surface area (Å²) in [5, 5.41) is 0. The third-order valence-corrected chi connectivity index (χ3v) is 3.83. The zero-order valence-corrected chi connectivity index (χ0v) is 15.2. The minimum absolute atomic E-state index is 0. The van der Waals surface area contributed by atoms with E-state index in [1.165, 1.54) is 6.07 Å². The number of nitrogens with two attached hydrogens (primary N) is 1. The number of carbonyl (C=O) groups is 1. The summed E-state index contributed by atoms with van der Waals surface area (Å²) in [6, 6.07) is 6.32. The Morgan fingerprint density at radius 3 is 2.26 bits per heavy atom. The first-order valence-electron chi connectivity index (χ1n) is 7.53. The molecule has 1 aromatic rings. The predicted molar refractivity (Wildman–Crippen MR) is 97.1 cm³/mol. The average molecular weight is 366 g/mol. The molecule has 1 aliphatic heterocycles. The lowest BCUT2D eigenvalue weighted by Gasteiger charge is -2.37. The second kappa shape index (κ2) is 9.96. The molecule has 1 atom stereocenters. The van der Waals surface area contributed by atoms with Crippen molar-refractivity contribution < 1.29 is 9.18 Å². The molecule has 0 saturated carbocycles. The maximum Gasteiger partial charge on any atom is 0.239 e. The number of hydrogen-bond donors (Lipinski definition) is 1. The number of hydrogen-bond acceptors (Lipinski definition) is 3. The highest BCUT2D eigenvalue weighted by atomic mass is 35.5. The Morgan fingerprint density at radius 1 is 1.17 bits per heavy atom. The highest BCUT2D eigenvalue weighted by Gasteiger charge is 2.26. The number of halogens is 3. The molecule has 0 radical (unpaired) electrons. The van der Waals surface area contributed by atoms with Crippen molar-refractivity contribution in [3.8, 4) is 0 Å². The van der Waals surface area contributed by atoms with Gasteiger partial charge in [0.1, 0.15) is 5.82 Å². The van der Waals surface area contributed by atoms with Crippen LogP contribution < -0.4 is 10.6 Å². The second-order valence-electron chi connectivity index (χ2n) is 6.00. The fraction of sp³-hybridized carbons (Fsp3) is 0.562. The van der Waals surface area contributed by atoms with Crippen LogP contribution in [-0.4, -0.2) is 43.0 Å². The molecule has 7 heteroatoms. The van der Waals surface area contributed by atoms with Gasteiger partial charge in [-0.2, -0.15) is 0 Å². The van der Waals surface area contributed by atoms with Gasteiger partial charge < -0.3 is 15.5 Å². The van der Waals surface area contributed by atoms with Gasteiger partial charge in [0.05, 0.1) is 11.7 Å². The van der Waals surface area contributed by atoms with E-state index >= 15 is 0 Å². The molecule has 1 aliphatic rings. The molecule has 0 spiro atoms. The summed E-state index contributed by atoms with van der Waals surface area (Å²) in [5.41, 5.74) is 6.56. The molecule has 132 valence electrons. The number of nitrogens with zero attached hydrogens (tertiary/aromatic N) is 2. The fourth-order valence-corrected chi connectivity index (χ4v) is 2.72. The van der Waals surface area contributed by atoms with Crippen molar-refractivity contribution in [2.45, 2.75) is 26.3 Å². The van der Waals surface area contributed by atoms with Gasteiger partial charge in [0.25, 0.3) is 0 Å². The van der Waals surface area contributed by atoms with Gasteiger partial charge in [-0.1, -0.05) is 26.0 Å². The van der Waals surface area contributed by atoms with Crippen molar-refractivity contribution in [2.24, 2.45) is 11.7 Å². The summed E-state index contributed by atoms with van der Waals surface area (Å²) in [4.78, 5) is 16.0. The molecule has 1 fully saturated rings. The van der Waals surface area contributed by atoms with Crippen molar-refractivity contribution in [3.63, 3.8) is 0 Å². The van der Waals surface area contributed by atoms with Crippen molar-refractivity contribution in [1.29, 1.82) is 0 Å². The van der Waals surface area contributed by atoms with Crippen molar-refractivity contribution in [1.82, 2.24) is 4.90 Å². The summed E-state index contributed by atoms with van der Waals surface area (Å²) >= 11 is 0. The van der Waals surface area contributed by atoms with E-state index in [0.29, 0.717) is 44.2 Å². The number of piperazine rings is 1. The maximum atomic E-state index is 13.8. The van der Waals surface area contributed by atoms with Gasteiger partial charge in [0.2, 0.25) is 5.91 Å². The van der Waals surface area contributed by atoms with Crippen molar-refractivity contribution in [2.75, 3.05) is 31.1 Å². The number of carbonyl (C=O) groups excluding carboxylic acids is 1. The highest BCUT2D eigenvalue weighted by Crippen LogP contribution is 2.20. The normalized spacial score (nSPS) is 15.7. The summed E-state index contributed by atoms with van der Waals surface area (Å²) < 4.78 is 13.8. The first kappa shape index (κ1) is 22.0. The molecule has 2 N–H and O–H groups in total. The zero-order chi connectivity index (χ0) is 15.4. The molecular formula is C16H26Cl2FN3O. The molecule has 1 saturated heterocycles. The van der Waals surface area contributed by atoms with E-state index in [0.717, 1.165) is 0 Å². The minimum atomic E-state index is -0.426. The van der Waals surface area contributed by atoms with Gasteiger partial charge in [0, 0.05) is 26.2 Å². The van der Waals surface area contributed by atoms with E-state index in [4.69, 9.17) is 5.73 Å². The van der Waals surface area contributed by atoms with E-state index < -0.39 is 6.04 Å². The molecule has 2 rings (SSSR count). The Labute approximate surface area is 150 Å². The SMILES string of the molecule is CC(C)C[C@H](N)C(=O)N1CCN(c2ccccc2F)CC1.Cl.Cl. The molecule has 1 amide bonds. The van der Waals surface area contributed by atoms with Crippen LogP contribution in [0.15, 0.2) is 24.3 Å². The lowest BCUT2D eigenvalue weighted by atomic mass is 10.0. The molecular weight excluding hydrogens is 340 g/mol. The van der Waals surface area contributed by atoms with Crippen LogP contribution in [0.5, 0.6) is 0 Å². The first-order chi connectivity index (χ1) is 9.99. The Balaban J connectivity index is 0.00000242. The van der Waals surface area contributed by atoms with Crippen LogP contribution in [0.4, 0.5) is 10.1 Å². The minimum Gasteiger partial charge on any atom is -0.366 e. The van der Waals surface area contributed by atoms with Crippen LogP contribution in [0.1, 0.15) is 20.3 Å². The Bertz CT molecular complexity index is 494. The molecule has 0 aliphatic carbocycles. The summed E-state index contributed by atoms with van der Waals surface area (Å²) in [6.45, 7) is 6.59. The molecule has 0 aromatic heterocycles. The summed E-state index contributed by atoms with van der Waals surface area (Å²) in [7, 11) is 0. The van der Waals surface area contributed by atoms with Gasteiger partial charge >= 0.3 is 0 Å². The summed E-state index contributed by atoms with van der Waals surface area (Å²) in [5.74, 6) is 0.203. The molecule has 4 nitrogen and oxygen atoms in total. The molecule has 1 heterocycles. The topological polar surface area (TPSA) is 49.6 Å². The Hall–Kier alpha value is -1.04. The van der Waals surface area contributed by atoms with Gasteiger partial charge in [-0.05, 0) is 24.5 Å². The fourth-order valence-electron chi connectivity index (χ4n) is 2.72. The van der Waals surface area contributed by atoms with E-state index in [2.05, 4.69) is 13.8 Å². The van der Waals surface area contributed by atoms with Crippen molar-refractivity contribution in [3.05, 3.63) is 30.1 Å². The third-order valence-electron chi connectivity index (χ3n) is 3.83. The van der Waals surface area contributed by atoms with Crippen LogP contribution in [0, 0.1) is 11.7 Å². The number of para-hydroxylation sites is 1. The maximum absolute atomic E-state index is 13.8. The molecule has 0 unspecified atom stereocenters. The van der Waals surface area contributed by atoms with Crippen LogP contribution in [0.25, 0.3) is 0 Å². The smallest absolute Gasteiger partial charge is 0.239 e. The quantitative estimate of drug-likeness (QED) is 0.892. The van der Waals surface area contributed by atoms with Crippen LogP contribution >= 0.6 is 24.8 Å². The Kier molecular flexibility index (Phi) is 9.51. The van der Waals surface area contributed by atoms with E-state index in [-0.39, 0.29) is 36.5 Å². The largest absolute Gasteiger partial charge is 0.366 e. The molecule has 1 aromatic carbocycles. The predicted octanol–water partition coefficient (Wildman–Crippen LogP) is 2.69. The Morgan fingerprint density at radius 2 is 1.74 bits per heavy atom. The van der Waals surface area contributed by atoms with E-state index in [9.17, 15) is 9.18 Å². The average Bonchev–Trinajstić information content (AvgIpc) is 2.46. The summed E-state index contributed by atoms with van der Waals surface area (Å²) in [6.07, 6.45) is 0.701. The second-order valence-corrected chi connectivity index (χ2v) is 6.00. The lowest BCUT2D eigenvalue weighted by Crippen LogP contribution is -2.53. The van der Waals surface area contributed by atoms with E-state index in [1.807, 2.05) is 11.0 Å². The molecule has 0 bridgehead atoms. The number of amides is 1. The number of rotatable bonds is 4. The van der Waals surface area contributed by atoms with Gasteiger partial charge in [0.15, 0.2) is 0 Å². The lowest BCUT2D eigenvalue weighted by molar-refractivity contribution is -0.133. The van der Waals surface area contributed by atoms with Gasteiger partial charge in [-0.3, -0.25) is 4.79 Å². The number of anilines is 1. The monoisotopic (exact) mass is 365 g/mol. The van der Waals surface area contributed by atoms with Crippen LogP contribution in [0.3, 0.4) is 0 Å². The molecule has 23 heavy (non-hydrogen) atoms.